The fraction of sp³-hybridized carbons (Fsp3) is 0.385. The fourth-order valence-electron chi connectivity index (χ4n) is 1.96. The molecule has 0 saturated heterocycles. The van der Waals surface area contributed by atoms with Crippen LogP contribution in [0.3, 0.4) is 0 Å². The summed E-state index contributed by atoms with van der Waals surface area (Å²) in [7, 11) is 0. The minimum absolute atomic E-state index is 0.442. The summed E-state index contributed by atoms with van der Waals surface area (Å²) in [5.74, 6) is 0.807. The Bertz CT molecular complexity index is 544. The lowest BCUT2D eigenvalue weighted by Crippen LogP contribution is -1.99. The van der Waals surface area contributed by atoms with Crippen LogP contribution in [0.2, 0.25) is 0 Å². The minimum atomic E-state index is 0.442. The molecule has 0 radical (unpaired) electrons. The topological polar surface area (TPSA) is 41.6 Å². The first-order valence-corrected chi connectivity index (χ1v) is 6.72. The van der Waals surface area contributed by atoms with Gasteiger partial charge in [0.05, 0.1) is 17.4 Å². The van der Waals surface area contributed by atoms with Crippen molar-refractivity contribution in [2.45, 2.75) is 25.8 Å². The van der Waals surface area contributed by atoms with Crippen molar-refractivity contribution in [1.82, 2.24) is 9.78 Å². The molecule has 0 spiro atoms. The molecule has 3 rings (SSSR count). The standard InChI is InChI=1S/C13H13N3S/c14-6-5-11-9-16(8-10-3-4-10)15-13(11)12-2-1-7-17-12/h1-2,7,9-10H,3-5,8H2. The van der Waals surface area contributed by atoms with Gasteiger partial charge in [0.25, 0.3) is 0 Å². The molecule has 2 aromatic rings. The van der Waals surface area contributed by atoms with E-state index in [0.29, 0.717) is 6.42 Å². The van der Waals surface area contributed by atoms with E-state index in [4.69, 9.17) is 5.26 Å². The molecule has 1 fully saturated rings. The van der Waals surface area contributed by atoms with Gasteiger partial charge in [-0.05, 0) is 30.2 Å². The number of nitriles is 1. The Morgan fingerprint density at radius 1 is 1.53 bits per heavy atom. The number of aromatic nitrogens is 2. The Balaban J connectivity index is 1.93. The van der Waals surface area contributed by atoms with Crippen molar-refractivity contribution in [3.63, 3.8) is 0 Å². The van der Waals surface area contributed by atoms with Crippen molar-refractivity contribution in [1.29, 1.82) is 5.26 Å². The van der Waals surface area contributed by atoms with E-state index < -0.39 is 0 Å². The summed E-state index contributed by atoms with van der Waals surface area (Å²) in [6.07, 6.45) is 5.12. The highest BCUT2D eigenvalue weighted by Crippen LogP contribution is 2.32. The second-order valence-corrected chi connectivity index (χ2v) is 5.43. The molecule has 0 aliphatic heterocycles. The first kappa shape index (κ1) is 10.5. The molecule has 2 aromatic heterocycles. The number of hydrogen-bond acceptors (Lipinski definition) is 3. The number of hydrogen-bond donors (Lipinski definition) is 0. The maximum absolute atomic E-state index is 8.86. The third kappa shape index (κ3) is 2.25. The van der Waals surface area contributed by atoms with E-state index in [-0.39, 0.29) is 0 Å². The fourth-order valence-corrected chi connectivity index (χ4v) is 2.70. The van der Waals surface area contributed by atoms with Gasteiger partial charge in [-0.1, -0.05) is 6.07 Å². The van der Waals surface area contributed by atoms with Gasteiger partial charge < -0.3 is 0 Å². The van der Waals surface area contributed by atoms with Crippen molar-refractivity contribution in [3.05, 3.63) is 29.3 Å². The SMILES string of the molecule is N#CCc1cn(CC2CC2)nc1-c1cccs1. The number of nitrogens with zero attached hydrogens (tertiary/aromatic N) is 3. The first-order valence-electron chi connectivity index (χ1n) is 5.84. The summed E-state index contributed by atoms with van der Waals surface area (Å²) in [4.78, 5) is 1.16. The van der Waals surface area contributed by atoms with Gasteiger partial charge >= 0.3 is 0 Å². The van der Waals surface area contributed by atoms with Crippen molar-refractivity contribution >= 4 is 11.3 Å². The van der Waals surface area contributed by atoms with Crippen molar-refractivity contribution in [2.75, 3.05) is 0 Å². The molecule has 0 amide bonds. The molecule has 17 heavy (non-hydrogen) atoms. The van der Waals surface area contributed by atoms with Gasteiger partial charge in [0, 0.05) is 18.3 Å². The normalized spacial score (nSPS) is 14.8. The Labute approximate surface area is 104 Å². The first-order chi connectivity index (χ1) is 8.36. The van der Waals surface area contributed by atoms with E-state index >= 15 is 0 Å². The molecule has 1 aliphatic rings. The lowest BCUT2D eigenvalue weighted by molar-refractivity contribution is 0.564. The molecular weight excluding hydrogens is 230 g/mol. The van der Waals surface area contributed by atoms with Gasteiger partial charge in [-0.3, -0.25) is 4.68 Å². The zero-order valence-electron chi connectivity index (χ0n) is 9.47. The summed E-state index contributed by atoms with van der Waals surface area (Å²) >= 11 is 1.68. The van der Waals surface area contributed by atoms with Gasteiger partial charge in [-0.25, -0.2) is 0 Å². The van der Waals surface area contributed by atoms with Crippen LogP contribution >= 0.6 is 11.3 Å². The predicted molar refractivity (Wildman–Crippen MR) is 67.6 cm³/mol. The second-order valence-electron chi connectivity index (χ2n) is 4.48. The highest BCUT2D eigenvalue weighted by molar-refractivity contribution is 7.13. The highest BCUT2D eigenvalue weighted by atomic mass is 32.1. The van der Waals surface area contributed by atoms with Crippen LogP contribution < -0.4 is 0 Å². The van der Waals surface area contributed by atoms with Crippen LogP contribution in [0.15, 0.2) is 23.7 Å². The van der Waals surface area contributed by atoms with Crippen LogP contribution in [0, 0.1) is 17.2 Å². The molecule has 0 aromatic carbocycles. The minimum Gasteiger partial charge on any atom is -0.272 e. The average molecular weight is 243 g/mol. The Morgan fingerprint density at radius 2 is 2.41 bits per heavy atom. The van der Waals surface area contributed by atoms with Crippen molar-refractivity contribution < 1.29 is 0 Å². The van der Waals surface area contributed by atoms with E-state index in [0.717, 1.165) is 28.6 Å². The van der Waals surface area contributed by atoms with Crippen LogP contribution in [0.5, 0.6) is 0 Å². The largest absolute Gasteiger partial charge is 0.272 e. The lowest BCUT2D eigenvalue weighted by atomic mass is 10.2. The van der Waals surface area contributed by atoms with E-state index in [1.54, 1.807) is 11.3 Å². The molecule has 3 nitrogen and oxygen atoms in total. The molecule has 1 aliphatic carbocycles. The predicted octanol–water partition coefficient (Wildman–Crippen LogP) is 3.09. The quantitative estimate of drug-likeness (QED) is 0.828. The van der Waals surface area contributed by atoms with Gasteiger partial charge in [0.2, 0.25) is 0 Å². The zero-order valence-corrected chi connectivity index (χ0v) is 10.3. The maximum atomic E-state index is 8.86. The van der Waals surface area contributed by atoms with E-state index in [2.05, 4.69) is 17.2 Å². The van der Waals surface area contributed by atoms with E-state index in [1.165, 1.54) is 12.8 Å². The summed E-state index contributed by atoms with van der Waals surface area (Å²) in [6, 6.07) is 6.31. The van der Waals surface area contributed by atoms with Gasteiger partial charge in [-0.2, -0.15) is 10.4 Å². The molecule has 4 heteroatoms. The summed E-state index contributed by atoms with van der Waals surface area (Å²) in [5.41, 5.74) is 2.04. The molecule has 0 unspecified atom stereocenters. The second kappa shape index (κ2) is 4.34. The van der Waals surface area contributed by atoms with Crippen molar-refractivity contribution in [2.24, 2.45) is 5.92 Å². The van der Waals surface area contributed by atoms with Crippen LogP contribution in [-0.4, -0.2) is 9.78 Å². The number of rotatable bonds is 4. The van der Waals surface area contributed by atoms with E-state index in [1.807, 2.05) is 22.3 Å². The van der Waals surface area contributed by atoms with Gasteiger partial charge in [-0.15, -0.1) is 11.3 Å². The molecule has 86 valence electrons. The van der Waals surface area contributed by atoms with Crippen molar-refractivity contribution in [3.8, 4) is 16.6 Å². The smallest absolute Gasteiger partial charge is 0.106 e. The third-order valence-electron chi connectivity index (χ3n) is 3.00. The van der Waals surface area contributed by atoms with Crippen LogP contribution in [-0.2, 0) is 13.0 Å². The van der Waals surface area contributed by atoms with E-state index in [9.17, 15) is 0 Å². The zero-order chi connectivity index (χ0) is 11.7. The molecule has 0 atom stereocenters. The average Bonchev–Trinajstić information content (AvgIpc) is 2.82. The Morgan fingerprint density at radius 3 is 3.06 bits per heavy atom. The highest BCUT2D eigenvalue weighted by Gasteiger charge is 2.23. The Hall–Kier alpha value is -1.60. The molecule has 2 heterocycles. The van der Waals surface area contributed by atoms with Crippen LogP contribution in [0.4, 0.5) is 0 Å². The van der Waals surface area contributed by atoms with Gasteiger partial charge in [0.15, 0.2) is 0 Å². The summed E-state index contributed by atoms with van der Waals surface area (Å²) in [5, 5.41) is 15.5. The van der Waals surface area contributed by atoms with Crippen LogP contribution in [0.25, 0.3) is 10.6 Å². The Kier molecular flexibility index (Phi) is 2.69. The number of thiophene rings is 1. The summed E-state index contributed by atoms with van der Waals surface area (Å²) in [6.45, 7) is 1.00. The lowest BCUT2D eigenvalue weighted by Gasteiger charge is -1.96. The summed E-state index contributed by atoms with van der Waals surface area (Å²) < 4.78 is 2.01. The molecule has 0 N–H and O–H groups in total. The van der Waals surface area contributed by atoms with Crippen LogP contribution in [0.1, 0.15) is 18.4 Å². The molecule has 1 saturated carbocycles. The third-order valence-corrected chi connectivity index (χ3v) is 3.88. The molecule has 0 bridgehead atoms. The van der Waals surface area contributed by atoms with Gasteiger partial charge in [0.1, 0.15) is 5.69 Å². The maximum Gasteiger partial charge on any atom is 0.106 e. The molecular formula is C13H13N3S. The monoisotopic (exact) mass is 243 g/mol.